The minimum Gasteiger partial charge on any atom is -0.493 e. The number of hydrogen-bond acceptors (Lipinski definition) is 6. The summed E-state index contributed by atoms with van der Waals surface area (Å²) in [7, 11) is 1.40. The maximum atomic E-state index is 14.2. The van der Waals surface area contributed by atoms with E-state index in [1.807, 2.05) is 0 Å². The van der Waals surface area contributed by atoms with E-state index in [1.54, 1.807) is 18.2 Å². The molecule has 0 saturated heterocycles. The van der Waals surface area contributed by atoms with Crippen LogP contribution in [0.15, 0.2) is 48.8 Å². The van der Waals surface area contributed by atoms with Crippen LogP contribution in [0.5, 0.6) is 17.4 Å². The first-order chi connectivity index (χ1) is 16.7. The van der Waals surface area contributed by atoms with Gasteiger partial charge < -0.3 is 14.8 Å². The number of hydrogen-bond donors (Lipinski definition) is 1. The van der Waals surface area contributed by atoms with Gasteiger partial charge in [0.05, 0.1) is 18.1 Å². The number of rotatable bonds is 7. The van der Waals surface area contributed by atoms with Gasteiger partial charge in [-0.15, -0.1) is 0 Å². The molecule has 0 amide bonds. The van der Waals surface area contributed by atoms with Crippen LogP contribution in [0.3, 0.4) is 0 Å². The van der Waals surface area contributed by atoms with Crippen LogP contribution in [0.25, 0.3) is 10.9 Å². The van der Waals surface area contributed by atoms with Gasteiger partial charge in [0.2, 0.25) is 5.88 Å². The van der Waals surface area contributed by atoms with Gasteiger partial charge in [0.15, 0.2) is 11.5 Å². The smallest absolute Gasteiger partial charge is 0.416 e. The lowest BCUT2D eigenvalue weighted by molar-refractivity contribution is -0.137. The van der Waals surface area contributed by atoms with Crippen LogP contribution >= 0.6 is 0 Å². The Hall–Kier alpha value is -4.02. The molecule has 0 aliphatic rings. The van der Waals surface area contributed by atoms with Gasteiger partial charge in [0.1, 0.15) is 29.3 Å². The van der Waals surface area contributed by atoms with E-state index in [9.17, 15) is 22.0 Å². The van der Waals surface area contributed by atoms with Crippen LogP contribution in [-0.4, -0.2) is 28.6 Å². The zero-order valence-electron chi connectivity index (χ0n) is 18.6. The molecule has 182 valence electrons. The minimum absolute atomic E-state index is 0.0438. The number of aryl methyl sites for hydroxylation is 1. The van der Waals surface area contributed by atoms with E-state index in [2.05, 4.69) is 20.3 Å². The molecule has 0 aliphatic carbocycles. The highest BCUT2D eigenvalue weighted by molar-refractivity contribution is 5.89. The number of benzene rings is 2. The SMILES string of the molecule is COc1cc(CCNc2ncnc3c(F)ccc(F)c23)ccc1Oc1cc(C(F)(F)F)cc(C)n1. The summed E-state index contributed by atoms with van der Waals surface area (Å²) in [5.41, 5.74) is -0.0377. The Kier molecular flexibility index (Phi) is 6.68. The predicted octanol–water partition coefficient (Wildman–Crippen LogP) is 6.09. The van der Waals surface area contributed by atoms with Gasteiger partial charge in [-0.05, 0) is 49.2 Å². The van der Waals surface area contributed by atoms with Gasteiger partial charge in [-0.25, -0.2) is 23.7 Å². The van der Waals surface area contributed by atoms with Crippen molar-refractivity contribution in [2.45, 2.75) is 19.5 Å². The molecule has 2 aromatic heterocycles. The fourth-order valence-corrected chi connectivity index (χ4v) is 3.48. The standard InChI is InChI=1S/C24H19F5N4O2/c1-13-9-15(24(27,28)29)11-20(33-13)35-18-6-3-14(10-19(18)34-2)7-8-30-23-21-16(25)4-5-17(26)22(21)31-12-32-23/h3-6,9-12H,7-8H2,1-2H3,(H,30,31,32). The second-order valence-electron chi connectivity index (χ2n) is 7.57. The molecule has 0 radical (unpaired) electrons. The van der Waals surface area contributed by atoms with Crippen molar-refractivity contribution in [3.8, 4) is 17.4 Å². The predicted molar refractivity (Wildman–Crippen MR) is 119 cm³/mol. The van der Waals surface area contributed by atoms with E-state index in [0.29, 0.717) is 18.7 Å². The van der Waals surface area contributed by atoms with Crippen molar-refractivity contribution < 1.29 is 31.4 Å². The van der Waals surface area contributed by atoms with Crippen LogP contribution < -0.4 is 14.8 Å². The molecule has 0 aliphatic heterocycles. The van der Waals surface area contributed by atoms with Crippen molar-refractivity contribution in [1.29, 1.82) is 0 Å². The van der Waals surface area contributed by atoms with Gasteiger partial charge in [-0.1, -0.05) is 6.07 Å². The molecule has 35 heavy (non-hydrogen) atoms. The first kappa shape index (κ1) is 24.1. The van der Waals surface area contributed by atoms with Crippen molar-refractivity contribution in [2.75, 3.05) is 19.0 Å². The number of nitrogens with zero attached hydrogens (tertiary/aromatic N) is 3. The third-order valence-electron chi connectivity index (χ3n) is 5.09. The summed E-state index contributed by atoms with van der Waals surface area (Å²) in [4.78, 5) is 11.8. The molecule has 2 aromatic carbocycles. The van der Waals surface area contributed by atoms with E-state index in [-0.39, 0.29) is 34.0 Å². The van der Waals surface area contributed by atoms with E-state index in [0.717, 1.165) is 36.2 Å². The monoisotopic (exact) mass is 490 g/mol. The average molecular weight is 490 g/mol. The molecule has 11 heteroatoms. The highest BCUT2D eigenvalue weighted by atomic mass is 19.4. The summed E-state index contributed by atoms with van der Waals surface area (Å²) in [6, 6.07) is 8.69. The van der Waals surface area contributed by atoms with Crippen LogP contribution in [-0.2, 0) is 12.6 Å². The van der Waals surface area contributed by atoms with Crippen molar-refractivity contribution in [3.05, 3.63) is 77.2 Å². The summed E-state index contributed by atoms with van der Waals surface area (Å²) in [5, 5.41) is 2.93. The normalized spacial score (nSPS) is 11.5. The number of methoxy groups -OCH3 is 1. The van der Waals surface area contributed by atoms with Gasteiger partial charge in [0, 0.05) is 18.3 Å². The Labute approximate surface area is 196 Å². The third kappa shape index (κ3) is 5.39. The Bertz CT molecular complexity index is 1380. The number of halogens is 5. The summed E-state index contributed by atoms with van der Waals surface area (Å²) in [6.07, 6.45) is -2.94. The topological polar surface area (TPSA) is 69.2 Å². The van der Waals surface area contributed by atoms with E-state index < -0.39 is 23.4 Å². The maximum absolute atomic E-state index is 14.2. The first-order valence-corrected chi connectivity index (χ1v) is 10.4. The first-order valence-electron chi connectivity index (χ1n) is 10.4. The summed E-state index contributed by atoms with van der Waals surface area (Å²) < 4.78 is 78.4. The van der Waals surface area contributed by atoms with Crippen LogP contribution in [0.4, 0.5) is 27.8 Å². The Balaban J connectivity index is 1.49. The Morgan fingerprint density at radius 3 is 2.46 bits per heavy atom. The Morgan fingerprint density at radius 1 is 0.943 bits per heavy atom. The van der Waals surface area contributed by atoms with E-state index in [4.69, 9.17) is 9.47 Å². The molecule has 2 heterocycles. The van der Waals surface area contributed by atoms with Gasteiger partial charge in [0.25, 0.3) is 0 Å². The second kappa shape index (κ2) is 9.69. The number of anilines is 1. The summed E-state index contributed by atoms with van der Waals surface area (Å²) in [5.74, 6) is -0.877. The molecule has 6 nitrogen and oxygen atoms in total. The number of alkyl halides is 3. The van der Waals surface area contributed by atoms with Crippen molar-refractivity contribution in [1.82, 2.24) is 15.0 Å². The fraction of sp³-hybridized carbons (Fsp3) is 0.208. The molecular weight excluding hydrogens is 471 g/mol. The lowest BCUT2D eigenvalue weighted by atomic mass is 10.1. The molecule has 0 saturated carbocycles. The number of nitrogens with one attached hydrogen (secondary N) is 1. The molecule has 0 spiro atoms. The maximum Gasteiger partial charge on any atom is 0.416 e. The van der Waals surface area contributed by atoms with Crippen molar-refractivity contribution >= 4 is 16.7 Å². The highest BCUT2D eigenvalue weighted by Crippen LogP contribution is 2.35. The van der Waals surface area contributed by atoms with E-state index >= 15 is 0 Å². The molecule has 0 bridgehead atoms. The summed E-state index contributed by atoms with van der Waals surface area (Å²) in [6.45, 7) is 1.76. The molecular formula is C24H19F5N4O2. The molecule has 1 N–H and O–H groups in total. The quantitative estimate of drug-likeness (QED) is 0.317. The molecule has 4 aromatic rings. The fourth-order valence-electron chi connectivity index (χ4n) is 3.48. The van der Waals surface area contributed by atoms with Gasteiger partial charge in [-0.2, -0.15) is 13.2 Å². The number of fused-ring (bicyclic) bond motifs is 1. The van der Waals surface area contributed by atoms with E-state index in [1.165, 1.54) is 14.0 Å². The molecule has 0 atom stereocenters. The van der Waals surface area contributed by atoms with Gasteiger partial charge >= 0.3 is 6.18 Å². The zero-order valence-corrected chi connectivity index (χ0v) is 18.6. The third-order valence-corrected chi connectivity index (χ3v) is 5.09. The van der Waals surface area contributed by atoms with Crippen LogP contribution in [0.1, 0.15) is 16.8 Å². The van der Waals surface area contributed by atoms with Crippen molar-refractivity contribution in [2.24, 2.45) is 0 Å². The number of ether oxygens (including phenoxy) is 2. The molecule has 4 rings (SSSR count). The average Bonchev–Trinajstić information content (AvgIpc) is 2.81. The van der Waals surface area contributed by atoms with Crippen LogP contribution in [0.2, 0.25) is 0 Å². The largest absolute Gasteiger partial charge is 0.493 e. The lowest BCUT2D eigenvalue weighted by Crippen LogP contribution is -2.08. The van der Waals surface area contributed by atoms with Crippen LogP contribution in [0, 0.1) is 18.6 Å². The Morgan fingerprint density at radius 2 is 1.71 bits per heavy atom. The van der Waals surface area contributed by atoms with Gasteiger partial charge in [-0.3, -0.25) is 0 Å². The highest BCUT2D eigenvalue weighted by Gasteiger charge is 2.31. The zero-order chi connectivity index (χ0) is 25.2. The number of pyridine rings is 1. The lowest BCUT2D eigenvalue weighted by Gasteiger charge is -2.14. The minimum atomic E-state index is -4.53. The molecule has 0 unspecified atom stereocenters. The molecule has 0 fully saturated rings. The van der Waals surface area contributed by atoms with Crippen molar-refractivity contribution in [3.63, 3.8) is 0 Å². The summed E-state index contributed by atoms with van der Waals surface area (Å²) >= 11 is 0. The second-order valence-corrected chi connectivity index (χ2v) is 7.57. The number of aromatic nitrogens is 3.